The molecule has 0 spiro atoms. The van der Waals surface area contributed by atoms with Crippen molar-refractivity contribution in [1.82, 2.24) is 0 Å². The van der Waals surface area contributed by atoms with E-state index in [9.17, 15) is 0 Å². The van der Waals surface area contributed by atoms with Crippen LogP contribution in [0.3, 0.4) is 0 Å². The van der Waals surface area contributed by atoms with Gasteiger partial charge in [0.25, 0.3) is 0 Å². The summed E-state index contributed by atoms with van der Waals surface area (Å²) in [5, 5.41) is 8.04. The zero-order valence-corrected chi connectivity index (χ0v) is 14.6. The molecule has 0 aliphatic heterocycles. The average Bonchev–Trinajstić information content (AvgIpc) is 2.55. The maximum Gasteiger partial charge on any atom is 0.0661 e. The van der Waals surface area contributed by atoms with Crippen LogP contribution in [0.25, 0.3) is 0 Å². The van der Waals surface area contributed by atoms with Crippen molar-refractivity contribution in [3.63, 3.8) is 0 Å². The average molecular weight is 306 g/mol. The summed E-state index contributed by atoms with van der Waals surface area (Å²) < 4.78 is 0. The molecule has 1 unspecified atom stereocenters. The van der Waals surface area contributed by atoms with E-state index >= 15 is 0 Å². The molecule has 0 aliphatic rings. The Kier molecular flexibility index (Phi) is 14.8. The Hall–Kier alpha value is -0.940. The molecule has 118 valence electrons. The Morgan fingerprint density at radius 2 is 1.57 bits per heavy atom. The van der Waals surface area contributed by atoms with Gasteiger partial charge in [-0.2, -0.15) is 17.9 Å². The van der Waals surface area contributed by atoms with E-state index < -0.39 is 0 Å². The third kappa shape index (κ3) is 13.8. The summed E-state index contributed by atoms with van der Waals surface area (Å²) in [5.74, 6) is 0.768. The Morgan fingerprint density at radius 3 is 2.05 bits per heavy atom. The summed E-state index contributed by atoms with van der Waals surface area (Å²) in [6, 6.07) is 12.9. The maximum absolute atomic E-state index is 8.04. The Morgan fingerprint density at radius 1 is 1.00 bits per heavy atom. The first-order valence-electron chi connectivity index (χ1n) is 8.29. The lowest BCUT2D eigenvalue weighted by Gasteiger charge is -2.01. The highest BCUT2D eigenvalue weighted by molar-refractivity contribution is 7.80. The minimum absolute atomic E-state index is 0.105. The quantitative estimate of drug-likeness (QED) is 0.435. The molecule has 0 fully saturated rings. The van der Waals surface area contributed by atoms with E-state index in [1.165, 1.54) is 56.9 Å². The Labute approximate surface area is 137 Å². The summed E-state index contributed by atoms with van der Waals surface area (Å²) in [6.07, 6.45) is 11.1. The van der Waals surface area contributed by atoms with Crippen LogP contribution in [0.1, 0.15) is 64.4 Å². The lowest BCUT2D eigenvalue weighted by atomic mass is 10.0. The molecule has 0 bridgehead atoms. The van der Waals surface area contributed by atoms with Crippen LogP contribution in [0.5, 0.6) is 0 Å². The normalized spacial score (nSPS) is 11.1. The van der Waals surface area contributed by atoms with E-state index in [-0.39, 0.29) is 5.92 Å². The van der Waals surface area contributed by atoms with Crippen molar-refractivity contribution < 1.29 is 0 Å². The second-order valence-corrected chi connectivity index (χ2v) is 5.93. The van der Waals surface area contributed by atoms with Crippen molar-refractivity contribution in [2.75, 3.05) is 5.75 Å². The highest BCUT2D eigenvalue weighted by Crippen LogP contribution is 2.10. The molecule has 2 heteroatoms. The summed E-state index contributed by atoms with van der Waals surface area (Å²) in [4.78, 5) is 0. The van der Waals surface area contributed by atoms with Gasteiger partial charge in [0.2, 0.25) is 0 Å². The molecule has 0 radical (unpaired) electrons. The second-order valence-electron chi connectivity index (χ2n) is 5.57. The van der Waals surface area contributed by atoms with Crippen LogP contribution in [0.4, 0.5) is 0 Å². The molecule has 0 heterocycles. The van der Waals surface area contributed by atoms with Crippen molar-refractivity contribution >= 4 is 12.6 Å². The number of rotatable bonds is 9. The zero-order valence-electron chi connectivity index (χ0n) is 13.7. The fourth-order valence-corrected chi connectivity index (χ4v) is 2.05. The number of nitriles is 1. The van der Waals surface area contributed by atoms with Gasteiger partial charge in [0, 0.05) is 5.75 Å². The van der Waals surface area contributed by atoms with Crippen LogP contribution in [0.2, 0.25) is 0 Å². The fraction of sp³-hybridized carbons (Fsp3) is 0.632. The van der Waals surface area contributed by atoms with Gasteiger partial charge in [-0.25, -0.2) is 0 Å². The van der Waals surface area contributed by atoms with E-state index in [0.29, 0.717) is 5.75 Å². The Balaban J connectivity index is 0.000000567. The predicted molar refractivity (Wildman–Crippen MR) is 96.8 cm³/mol. The van der Waals surface area contributed by atoms with Crippen LogP contribution in [-0.2, 0) is 6.42 Å². The van der Waals surface area contributed by atoms with Gasteiger partial charge in [0.15, 0.2) is 0 Å². The summed E-state index contributed by atoms with van der Waals surface area (Å²) in [5.41, 5.74) is 1.49. The molecule has 0 N–H and O–H groups in total. The maximum atomic E-state index is 8.04. The van der Waals surface area contributed by atoms with Crippen molar-refractivity contribution in [2.24, 2.45) is 5.92 Å². The molecule has 1 nitrogen and oxygen atoms in total. The zero-order chi connectivity index (χ0) is 15.8. The molecule has 1 atom stereocenters. The van der Waals surface area contributed by atoms with Crippen molar-refractivity contribution in [3.05, 3.63) is 35.9 Å². The first kappa shape index (κ1) is 20.1. The molecule has 1 aromatic rings. The van der Waals surface area contributed by atoms with Gasteiger partial charge in [-0.3, -0.25) is 0 Å². The van der Waals surface area contributed by atoms with Crippen LogP contribution in [-0.4, -0.2) is 5.75 Å². The van der Waals surface area contributed by atoms with Crippen molar-refractivity contribution in [2.45, 2.75) is 65.2 Å². The largest absolute Gasteiger partial charge is 0.198 e. The predicted octanol–water partition coefficient (Wildman–Crippen LogP) is 6.06. The van der Waals surface area contributed by atoms with E-state index in [4.69, 9.17) is 5.26 Å². The second kappa shape index (κ2) is 15.4. The lowest BCUT2D eigenvalue weighted by Crippen LogP contribution is -1.87. The van der Waals surface area contributed by atoms with Crippen molar-refractivity contribution in [1.29, 1.82) is 5.26 Å². The minimum Gasteiger partial charge on any atom is -0.198 e. The molecule has 0 amide bonds. The van der Waals surface area contributed by atoms with Crippen LogP contribution in [0, 0.1) is 17.2 Å². The third-order valence-corrected chi connectivity index (χ3v) is 3.95. The molecule has 0 aromatic heterocycles. The van der Waals surface area contributed by atoms with E-state index in [0.717, 1.165) is 0 Å². The topological polar surface area (TPSA) is 23.8 Å². The third-order valence-electron chi connectivity index (χ3n) is 3.41. The molecule has 1 aromatic carbocycles. The van der Waals surface area contributed by atoms with E-state index in [1.807, 2.05) is 13.0 Å². The number of aryl methyl sites for hydroxylation is 1. The van der Waals surface area contributed by atoms with Gasteiger partial charge in [0.05, 0.1) is 12.0 Å². The SMILES string of the molecule is CC(C#N)CS.CCCCCCCCCc1ccccc1. The summed E-state index contributed by atoms with van der Waals surface area (Å²) in [6.45, 7) is 4.11. The Bertz CT molecular complexity index is 356. The summed E-state index contributed by atoms with van der Waals surface area (Å²) >= 11 is 3.87. The van der Waals surface area contributed by atoms with Crippen LogP contribution in [0.15, 0.2) is 30.3 Å². The number of benzene rings is 1. The number of nitrogens with zero attached hydrogens (tertiary/aromatic N) is 1. The van der Waals surface area contributed by atoms with E-state index in [1.54, 1.807) is 0 Å². The number of unbranched alkanes of at least 4 members (excludes halogenated alkanes) is 6. The van der Waals surface area contributed by atoms with Crippen molar-refractivity contribution in [3.8, 4) is 6.07 Å². The number of hydrogen-bond donors (Lipinski definition) is 1. The van der Waals surface area contributed by atoms with Gasteiger partial charge >= 0.3 is 0 Å². The molecule has 0 saturated heterocycles. The van der Waals surface area contributed by atoms with Gasteiger partial charge in [-0.05, 0) is 25.3 Å². The summed E-state index contributed by atoms with van der Waals surface area (Å²) in [7, 11) is 0. The van der Waals surface area contributed by atoms with Gasteiger partial charge < -0.3 is 0 Å². The van der Waals surface area contributed by atoms with Crippen LogP contribution < -0.4 is 0 Å². The molecule has 1 rings (SSSR count). The molecule has 21 heavy (non-hydrogen) atoms. The molecule has 0 saturated carbocycles. The first-order valence-corrected chi connectivity index (χ1v) is 8.92. The standard InChI is InChI=1S/C15H24.C4H7NS/c1-2-3-4-5-6-7-9-12-15-13-10-8-11-14-15;1-4(2-5)3-6/h8,10-11,13-14H,2-7,9,12H2,1H3;4,6H,3H2,1H3. The lowest BCUT2D eigenvalue weighted by molar-refractivity contribution is 0.589. The van der Waals surface area contributed by atoms with Gasteiger partial charge in [0.1, 0.15) is 0 Å². The number of hydrogen-bond acceptors (Lipinski definition) is 2. The molecular formula is C19H31NS. The smallest absolute Gasteiger partial charge is 0.0661 e. The van der Waals surface area contributed by atoms with Crippen LogP contribution >= 0.6 is 12.6 Å². The van der Waals surface area contributed by atoms with Gasteiger partial charge in [-0.1, -0.05) is 75.8 Å². The highest BCUT2D eigenvalue weighted by Gasteiger charge is 1.93. The van der Waals surface area contributed by atoms with E-state index in [2.05, 4.69) is 49.9 Å². The molecule has 0 aliphatic carbocycles. The molecular weight excluding hydrogens is 274 g/mol. The van der Waals surface area contributed by atoms with Gasteiger partial charge in [-0.15, -0.1) is 0 Å². The number of thiol groups is 1. The first-order chi connectivity index (χ1) is 10.2. The highest BCUT2D eigenvalue weighted by atomic mass is 32.1. The minimum atomic E-state index is 0.105. The monoisotopic (exact) mass is 305 g/mol. The fourth-order valence-electron chi connectivity index (χ4n) is 1.97.